The number of rotatable bonds is 7. The number of carbonyl (C=O) groups excluding carboxylic acids is 1. The van der Waals surface area contributed by atoms with E-state index in [4.69, 9.17) is 9.72 Å². The third-order valence-corrected chi connectivity index (χ3v) is 6.67. The molecule has 1 aliphatic rings. The summed E-state index contributed by atoms with van der Waals surface area (Å²) in [7, 11) is 1.62. The number of ether oxygens (including phenoxy) is 1. The van der Waals surface area contributed by atoms with E-state index in [1.165, 1.54) is 22.2 Å². The number of aromatic nitrogens is 2. The van der Waals surface area contributed by atoms with E-state index in [2.05, 4.69) is 5.32 Å². The third-order valence-electron chi connectivity index (χ3n) is 4.39. The summed E-state index contributed by atoms with van der Waals surface area (Å²) in [5, 5.41) is 3.94. The first-order valence-corrected chi connectivity index (χ1v) is 10.6. The first-order chi connectivity index (χ1) is 12.4. The number of carbonyl (C=O) groups is 1. The molecule has 0 aromatic carbocycles. The van der Waals surface area contributed by atoms with Crippen molar-refractivity contribution in [3.63, 3.8) is 0 Å². The van der Waals surface area contributed by atoms with Gasteiger partial charge in [0, 0.05) is 18.0 Å². The summed E-state index contributed by atoms with van der Waals surface area (Å²) in [6, 6.07) is 0.0805. The van der Waals surface area contributed by atoms with Crippen LogP contribution >= 0.6 is 23.1 Å². The van der Waals surface area contributed by atoms with Crippen molar-refractivity contribution in [3.05, 3.63) is 20.8 Å². The Morgan fingerprint density at radius 1 is 1.38 bits per heavy atom. The highest BCUT2D eigenvalue weighted by Crippen LogP contribution is 2.36. The molecule has 0 saturated heterocycles. The van der Waals surface area contributed by atoms with Crippen LogP contribution in [0.2, 0.25) is 0 Å². The van der Waals surface area contributed by atoms with Crippen molar-refractivity contribution in [2.45, 2.75) is 63.0 Å². The maximum atomic E-state index is 13.2. The Hall–Kier alpha value is -1.38. The second-order valence-electron chi connectivity index (χ2n) is 6.80. The van der Waals surface area contributed by atoms with Gasteiger partial charge in [0.25, 0.3) is 5.56 Å². The van der Waals surface area contributed by atoms with Gasteiger partial charge >= 0.3 is 0 Å². The van der Waals surface area contributed by atoms with Gasteiger partial charge in [-0.2, -0.15) is 0 Å². The molecular formula is C18H25N3O3S2. The zero-order valence-corrected chi connectivity index (χ0v) is 17.3. The van der Waals surface area contributed by atoms with E-state index in [1.807, 2.05) is 20.8 Å². The van der Waals surface area contributed by atoms with Crippen LogP contribution in [0.25, 0.3) is 10.2 Å². The lowest BCUT2D eigenvalue weighted by Gasteiger charge is -2.17. The van der Waals surface area contributed by atoms with Gasteiger partial charge in [0.2, 0.25) is 5.91 Å². The molecule has 0 spiro atoms. The van der Waals surface area contributed by atoms with Gasteiger partial charge in [0.1, 0.15) is 4.83 Å². The van der Waals surface area contributed by atoms with Crippen LogP contribution in [-0.2, 0) is 28.9 Å². The average molecular weight is 396 g/mol. The molecule has 8 heteroatoms. The summed E-state index contributed by atoms with van der Waals surface area (Å²) < 4.78 is 6.84. The quantitative estimate of drug-likeness (QED) is 0.576. The molecule has 0 aliphatic heterocycles. The standard InChI is InChI=1S/C18H25N3O3S2/c1-10(2)19-15(22)11(3)25-18-20-16-14(12-6-5-7-13(12)26-16)17(23)21(18)8-9-24-4/h10-11H,5-9H2,1-4H3,(H,19,22)/t11-/m1/s1. The lowest BCUT2D eigenvalue weighted by atomic mass is 10.2. The smallest absolute Gasteiger partial charge is 0.263 e. The van der Waals surface area contributed by atoms with Gasteiger partial charge in [-0.1, -0.05) is 11.8 Å². The second kappa shape index (κ2) is 8.10. The van der Waals surface area contributed by atoms with Crippen LogP contribution in [0.1, 0.15) is 37.6 Å². The highest BCUT2D eigenvalue weighted by atomic mass is 32.2. The molecule has 142 valence electrons. The highest BCUT2D eigenvalue weighted by molar-refractivity contribution is 8.00. The third kappa shape index (κ3) is 3.82. The van der Waals surface area contributed by atoms with Crippen molar-refractivity contribution in [2.24, 2.45) is 0 Å². The number of fused-ring (bicyclic) bond motifs is 3. The Kier molecular flexibility index (Phi) is 6.04. The van der Waals surface area contributed by atoms with E-state index in [1.54, 1.807) is 23.0 Å². The Morgan fingerprint density at radius 3 is 2.85 bits per heavy atom. The first-order valence-electron chi connectivity index (χ1n) is 8.93. The minimum atomic E-state index is -0.331. The molecule has 0 fully saturated rings. The molecule has 6 nitrogen and oxygen atoms in total. The minimum Gasteiger partial charge on any atom is -0.383 e. The molecule has 0 saturated carbocycles. The Balaban J connectivity index is 2.00. The number of hydrogen-bond donors (Lipinski definition) is 1. The summed E-state index contributed by atoms with van der Waals surface area (Å²) in [6.45, 7) is 6.57. The summed E-state index contributed by atoms with van der Waals surface area (Å²) in [4.78, 5) is 32.3. The summed E-state index contributed by atoms with van der Waals surface area (Å²) in [6.07, 6.45) is 3.09. The van der Waals surface area contributed by atoms with Gasteiger partial charge in [-0.15, -0.1) is 11.3 Å². The molecule has 0 bridgehead atoms. The number of thioether (sulfide) groups is 1. The highest BCUT2D eigenvalue weighted by Gasteiger charge is 2.25. The SMILES string of the molecule is COCCn1c(S[C@H](C)C(=O)NC(C)C)nc2sc3c(c2c1=O)CCC3. The van der Waals surface area contributed by atoms with E-state index >= 15 is 0 Å². The molecule has 1 N–H and O–H groups in total. The van der Waals surface area contributed by atoms with E-state index < -0.39 is 0 Å². The lowest BCUT2D eigenvalue weighted by molar-refractivity contribution is -0.120. The number of aryl methyl sites for hydroxylation is 2. The number of amides is 1. The monoisotopic (exact) mass is 395 g/mol. The minimum absolute atomic E-state index is 0.00887. The van der Waals surface area contributed by atoms with Crippen molar-refractivity contribution in [1.29, 1.82) is 0 Å². The molecule has 2 heterocycles. The molecule has 1 amide bonds. The predicted octanol–water partition coefficient (Wildman–Crippen LogP) is 2.60. The van der Waals surface area contributed by atoms with Crippen molar-refractivity contribution >= 4 is 39.2 Å². The maximum absolute atomic E-state index is 13.2. The normalized spacial score (nSPS) is 14.8. The number of nitrogens with one attached hydrogen (secondary N) is 1. The van der Waals surface area contributed by atoms with Crippen LogP contribution < -0.4 is 10.9 Å². The Morgan fingerprint density at radius 2 is 2.15 bits per heavy atom. The molecule has 0 radical (unpaired) electrons. The van der Waals surface area contributed by atoms with E-state index in [0.29, 0.717) is 18.3 Å². The van der Waals surface area contributed by atoms with Crippen LogP contribution in [0.3, 0.4) is 0 Å². The number of thiophene rings is 1. The first kappa shape index (κ1) is 19.4. The Bertz CT molecular complexity index is 873. The van der Waals surface area contributed by atoms with Crippen LogP contribution in [0.15, 0.2) is 9.95 Å². The van der Waals surface area contributed by atoms with Gasteiger partial charge in [-0.3, -0.25) is 14.2 Å². The summed E-state index contributed by atoms with van der Waals surface area (Å²) in [5.41, 5.74) is 1.17. The fourth-order valence-electron chi connectivity index (χ4n) is 3.14. The molecule has 1 aliphatic carbocycles. The fourth-order valence-corrected chi connectivity index (χ4v) is 5.39. The zero-order chi connectivity index (χ0) is 18.8. The molecule has 0 unspecified atom stereocenters. The van der Waals surface area contributed by atoms with E-state index in [0.717, 1.165) is 29.5 Å². The van der Waals surface area contributed by atoms with Crippen molar-refractivity contribution in [3.8, 4) is 0 Å². The fraction of sp³-hybridized carbons (Fsp3) is 0.611. The molecule has 26 heavy (non-hydrogen) atoms. The molecule has 2 aromatic rings. The molecule has 2 aromatic heterocycles. The van der Waals surface area contributed by atoms with Crippen molar-refractivity contribution < 1.29 is 9.53 Å². The van der Waals surface area contributed by atoms with Gasteiger partial charge in [-0.25, -0.2) is 4.98 Å². The summed E-state index contributed by atoms with van der Waals surface area (Å²) in [5.74, 6) is -0.0497. The van der Waals surface area contributed by atoms with Crippen LogP contribution in [-0.4, -0.2) is 40.5 Å². The number of nitrogens with zero attached hydrogens (tertiary/aromatic N) is 2. The molecular weight excluding hydrogens is 370 g/mol. The van der Waals surface area contributed by atoms with Crippen LogP contribution in [0.5, 0.6) is 0 Å². The average Bonchev–Trinajstić information content (AvgIpc) is 3.14. The van der Waals surface area contributed by atoms with Crippen molar-refractivity contribution in [1.82, 2.24) is 14.9 Å². The number of hydrogen-bond acceptors (Lipinski definition) is 6. The summed E-state index contributed by atoms with van der Waals surface area (Å²) >= 11 is 2.96. The van der Waals surface area contributed by atoms with Gasteiger partial charge < -0.3 is 10.1 Å². The van der Waals surface area contributed by atoms with Crippen LogP contribution in [0.4, 0.5) is 0 Å². The van der Waals surface area contributed by atoms with Crippen LogP contribution in [0, 0.1) is 0 Å². The van der Waals surface area contributed by atoms with Gasteiger partial charge in [-0.05, 0) is 45.6 Å². The lowest BCUT2D eigenvalue weighted by Crippen LogP contribution is -2.36. The van der Waals surface area contributed by atoms with E-state index in [-0.39, 0.29) is 22.8 Å². The zero-order valence-electron chi connectivity index (χ0n) is 15.6. The van der Waals surface area contributed by atoms with Crippen molar-refractivity contribution in [2.75, 3.05) is 13.7 Å². The largest absolute Gasteiger partial charge is 0.383 e. The molecule has 1 atom stereocenters. The maximum Gasteiger partial charge on any atom is 0.263 e. The topological polar surface area (TPSA) is 73.2 Å². The van der Waals surface area contributed by atoms with Gasteiger partial charge in [0.05, 0.1) is 23.8 Å². The second-order valence-corrected chi connectivity index (χ2v) is 9.20. The molecule has 3 rings (SSSR count). The van der Waals surface area contributed by atoms with Gasteiger partial charge in [0.15, 0.2) is 5.16 Å². The van der Waals surface area contributed by atoms with E-state index in [9.17, 15) is 9.59 Å². The number of methoxy groups -OCH3 is 1. The Labute approximate surface area is 161 Å². The predicted molar refractivity (Wildman–Crippen MR) is 106 cm³/mol.